The molecule has 0 aliphatic carbocycles. The van der Waals surface area contributed by atoms with Gasteiger partial charge in [-0.2, -0.15) is 0 Å². The fourth-order valence-electron chi connectivity index (χ4n) is 4.10. The number of esters is 2. The van der Waals surface area contributed by atoms with Crippen molar-refractivity contribution in [1.82, 2.24) is 0 Å². The van der Waals surface area contributed by atoms with Gasteiger partial charge in [0, 0.05) is 28.2 Å². The molecule has 0 aliphatic rings. The second-order valence-electron chi connectivity index (χ2n) is 9.98. The number of rotatable bonds is 13. The second-order valence-corrected chi connectivity index (χ2v) is 9.98. The van der Waals surface area contributed by atoms with E-state index >= 15 is 0 Å². The van der Waals surface area contributed by atoms with Crippen molar-refractivity contribution in [1.29, 1.82) is 0 Å². The van der Waals surface area contributed by atoms with Crippen molar-refractivity contribution >= 4 is 29.0 Å². The summed E-state index contributed by atoms with van der Waals surface area (Å²) in [6.45, 7) is 15.5. The van der Waals surface area contributed by atoms with E-state index in [0.29, 0.717) is 24.4 Å². The van der Waals surface area contributed by atoms with Crippen molar-refractivity contribution in [3.05, 3.63) is 113 Å². The van der Waals surface area contributed by atoms with Gasteiger partial charge >= 0.3 is 11.9 Å². The third-order valence-electron chi connectivity index (χ3n) is 6.49. The van der Waals surface area contributed by atoms with Gasteiger partial charge in [0.2, 0.25) is 0 Å². The number of hydrogen-bond acceptors (Lipinski definition) is 5. The van der Waals surface area contributed by atoms with E-state index in [9.17, 15) is 9.59 Å². The van der Waals surface area contributed by atoms with Crippen molar-refractivity contribution in [3.63, 3.8) is 0 Å². The van der Waals surface area contributed by atoms with Gasteiger partial charge in [-0.25, -0.2) is 9.59 Å². The average Bonchev–Trinajstić information content (AvgIpc) is 2.92. The normalized spacial score (nSPS) is 10.6. The Labute approximate surface area is 232 Å². The number of hydrogen-bond donors (Lipinski definition) is 0. The smallest absolute Gasteiger partial charge is 0.333 e. The predicted molar refractivity (Wildman–Crippen MR) is 159 cm³/mol. The molecule has 204 valence electrons. The Hall–Kier alpha value is -4.12. The molecule has 0 N–H and O–H groups in total. The number of nitrogens with zero attached hydrogens (tertiary/aromatic N) is 1. The second kappa shape index (κ2) is 14.1. The molecule has 0 saturated heterocycles. The summed E-state index contributed by atoms with van der Waals surface area (Å²) in [7, 11) is 0. The van der Waals surface area contributed by atoms with Crippen LogP contribution in [-0.2, 0) is 31.9 Å². The van der Waals surface area contributed by atoms with E-state index in [1.807, 2.05) is 0 Å². The van der Waals surface area contributed by atoms with Crippen LogP contribution in [0.3, 0.4) is 0 Å². The Morgan fingerprint density at radius 3 is 1.77 bits per heavy atom. The summed E-state index contributed by atoms with van der Waals surface area (Å²) in [5.74, 6) is -0.689. The SMILES string of the molecule is C=C(C)C(=O)OCCCc1ccc(N(c2cccc(CCCOC(=O)C(=C)C)c2)c2ccc(C)c(C)c2)cc1. The molecule has 0 radical (unpaired) electrons. The maximum atomic E-state index is 11.7. The standard InChI is InChI=1S/C34H39NO4/c1-24(2)33(36)38-20-8-11-28-15-18-30(19-16-28)35(32-17-14-26(5)27(6)22-32)31-13-7-10-29(23-31)12-9-21-39-34(37)25(3)4/h7,10,13-19,22-23H,1,3,8-9,11-12,20-21H2,2,4-6H3. The minimum Gasteiger partial charge on any atom is -0.462 e. The molecule has 5 heteroatoms. The first kappa shape index (κ1) is 29.4. The predicted octanol–water partition coefficient (Wildman–Crippen LogP) is 7.88. The summed E-state index contributed by atoms with van der Waals surface area (Å²) < 4.78 is 10.5. The van der Waals surface area contributed by atoms with Crippen molar-refractivity contribution in [3.8, 4) is 0 Å². The van der Waals surface area contributed by atoms with Crippen LogP contribution in [0.4, 0.5) is 17.1 Å². The van der Waals surface area contributed by atoms with Crippen LogP contribution in [0.25, 0.3) is 0 Å². The molecule has 0 saturated carbocycles. The zero-order valence-corrected chi connectivity index (χ0v) is 23.6. The van der Waals surface area contributed by atoms with Gasteiger partial charge in [0.1, 0.15) is 0 Å². The number of ether oxygens (including phenoxy) is 2. The van der Waals surface area contributed by atoms with Gasteiger partial charge in [0.15, 0.2) is 0 Å². The Bertz CT molecular complexity index is 1320. The van der Waals surface area contributed by atoms with Crippen LogP contribution >= 0.6 is 0 Å². The molecule has 5 nitrogen and oxygen atoms in total. The molecule has 0 aromatic heterocycles. The number of carbonyl (C=O) groups excluding carboxylic acids is 2. The molecular weight excluding hydrogens is 486 g/mol. The lowest BCUT2D eigenvalue weighted by Gasteiger charge is -2.27. The van der Waals surface area contributed by atoms with Gasteiger partial charge in [-0.3, -0.25) is 0 Å². The van der Waals surface area contributed by atoms with E-state index in [2.05, 4.69) is 98.6 Å². The molecule has 3 rings (SSSR count). The summed E-state index contributed by atoms with van der Waals surface area (Å²) in [4.78, 5) is 25.5. The van der Waals surface area contributed by atoms with Gasteiger partial charge < -0.3 is 14.4 Å². The Balaban J connectivity index is 1.77. The molecule has 3 aromatic rings. The van der Waals surface area contributed by atoms with Gasteiger partial charge in [0.05, 0.1) is 13.2 Å². The van der Waals surface area contributed by atoms with Crippen molar-refractivity contribution in [2.24, 2.45) is 0 Å². The van der Waals surface area contributed by atoms with E-state index in [1.165, 1.54) is 22.3 Å². The topological polar surface area (TPSA) is 55.8 Å². The van der Waals surface area contributed by atoms with Crippen LogP contribution < -0.4 is 4.90 Å². The third kappa shape index (κ3) is 8.71. The van der Waals surface area contributed by atoms with Crippen molar-refractivity contribution in [2.75, 3.05) is 18.1 Å². The molecule has 3 aromatic carbocycles. The summed E-state index contributed by atoms with van der Waals surface area (Å²) in [6, 6.07) is 23.5. The largest absolute Gasteiger partial charge is 0.462 e. The van der Waals surface area contributed by atoms with Crippen LogP contribution in [0.2, 0.25) is 0 Å². The highest BCUT2D eigenvalue weighted by molar-refractivity contribution is 5.87. The highest BCUT2D eigenvalue weighted by atomic mass is 16.5. The molecule has 39 heavy (non-hydrogen) atoms. The zero-order valence-electron chi connectivity index (χ0n) is 23.6. The molecular formula is C34H39NO4. The first-order chi connectivity index (χ1) is 18.7. The maximum absolute atomic E-state index is 11.7. The molecule has 0 aliphatic heterocycles. The van der Waals surface area contributed by atoms with E-state index in [-0.39, 0.29) is 11.9 Å². The Kier molecular flexibility index (Phi) is 10.7. The van der Waals surface area contributed by atoms with E-state index in [1.54, 1.807) is 13.8 Å². The summed E-state index contributed by atoms with van der Waals surface area (Å²) in [6.07, 6.45) is 3.11. The first-order valence-corrected chi connectivity index (χ1v) is 13.4. The number of anilines is 3. The third-order valence-corrected chi connectivity index (χ3v) is 6.49. The van der Waals surface area contributed by atoms with Gasteiger partial charge in [0.25, 0.3) is 0 Å². The Morgan fingerprint density at radius 2 is 1.21 bits per heavy atom. The van der Waals surface area contributed by atoms with Gasteiger partial charge in [-0.1, -0.05) is 43.5 Å². The fourth-order valence-corrected chi connectivity index (χ4v) is 4.10. The zero-order chi connectivity index (χ0) is 28.4. The fraction of sp³-hybridized carbons (Fsp3) is 0.294. The van der Waals surface area contributed by atoms with E-state index in [4.69, 9.17) is 9.47 Å². The molecule has 0 unspecified atom stereocenters. The molecule has 0 atom stereocenters. The summed E-state index contributed by atoms with van der Waals surface area (Å²) >= 11 is 0. The molecule has 0 heterocycles. The minimum atomic E-state index is -0.346. The van der Waals surface area contributed by atoms with Gasteiger partial charge in [-0.15, -0.1) is 0 Å². The monoisotopic (exact) mass is 525 g/mol. The number of aryl methyl sites for hydroxylation is 4. The van der Waals surface area contributed by atoms with Crippen LogP contribution in [0, 0.1) is 13.8 Å². The van der Waals surface area contributed by atoms with Crippen LogP contribution in [0.15, 0.2) is 91.0 Å². The van der Waals surface area contributed by atoms with Crippen LogP contribution in [0.5, 0.6) is 0 Å². The lowest BCUT2D eigenvalue weighted by molar-refractivity contribution is -0.139. The molecule has 0 spiro atoms. The van der Waals surface area contributed by atoms with E-state index in [0.717, 1.165) is 42.7 Å². The van der Waals surface area contributed by atoms with Crippen molar-refractivity contribution < 1.29 is 19.1 Å². The lowest BCUT2D eigenvalue weighted by atomic mass is 10.0. The average molecular weight is 526 g/mol. The Morgan fingerprint density at radius 1 is 0.667 bits per heavy atom. The quantitative estimate of drug-likeness (QED) is 0.129. The summed E-state index contributed by atoms with van der Waals surface area (Å²) in [5.41, 5.74) is 8.88. The van der Waals surface area contributed by atoms with Crippen molar-refractivity contribution in [2.45, 2.75) is 53.4 Å². The van der Waals surface area contributed by atoms with Crippen LogP contribution in [-0.4, -0.2) is 25.2 Å². The number of carbonyl (C=O) groups is 2. The summed E-state index contributed by atoms with van der Waals surface area (Å²) in [5, 5.41) is 0. The minimum absolute atomic E-state index is 0.343. The number of benzene rings is 3. The van der Waals surface area contributed by atoms with Crippen LogP contribution in [0.1, 0.15) is 48.9 Å². The molecule has 0 amide bonds. The highest BCUT2D eigenvalue weighted by Crippen LogP contribution is 2.36. The molecule has 0 fully saturated rings. The van der Waals surface area contributed by atoms with E-state index < -0.39 is 0 Å². The maximum Gasteiger partial charge on any atom is 0.333 e. The highest BCUT2D eigenvalue weighted by Gasteiger charge is 2.14. The lowest BCUT2D eigenvalue weighted by Crippen LogP contribution is -2.11. The van der Waals surface area contributed by atoms with Gasteiger partial charge in [-0.05, 0) is 112 Å². The first-order valence-electron chi connectivity index (χ1n) is 13.4. The molecule has 0 bridgehead atoms.